The Bertz CT molecular complexity index is 2750. The number of aromatic amines is 2. The number of imide groups is 1. The molecule has 9 rings (SSSR count). The van der Waals surface area contributed by atoms with Crippen LogP contribution < -0.4 is 9.64 Å². The summed E-state index contributed by atoms with van der Waals surface area (Å²) in [7, 11) is 0. The first-order valence-corrected chi connectivity index (χ1v) is 21.9. The molecule has 15 heteroatoms. The van der Waals surface area contributed by atoms with E-state index < -0.39 is 6.09 Å². The number of amides is 5. The maximum absolute atomic E-state index is 14.4. The number of nitrogens with zero attached hydrogens (tertiary/aromatic N) is 4. The molecule has 0 aliphatic carbocycles. The molecule has 0 unspecified atom stereocenters. The molecule has 61 heavy (non-hydrogen) atoms. The van der Waals surface area contributed by atoms with E-state index in [1.165, 1.54) is 28.4 Å². The topological polar surface area (TPSA) is 156 Å². The van der Waals surface area contributed by atoms with Gasteiger partial charge in [0, 0.05) is 109 Å². The number of aryl methyl sites for hydroxylation is 1. The fourth-order valence-electron chi connectivity index (χ4n) is 8.68. The molecule has 3 aliphatic heterocycles. The lowest BCUT2D eigenvalue weighted by Crippen LogP contribution is -2.51. The van der Waals surface area contributed by atoms with E-state index in [-0.39, 0.29) is 41.8 Å². The maximum atomic E-state index is 14.4. The molecule has 1 saturated heterocycles. The quantitative estimate of drug-likeness (QED) is 0.0553. The molecule has 6 aromatic rings. The van der Waals surface area contributed by atoms with Gasteiger partial charge in [0.05, 0.1) is 16.1 Å². The molecule has 0 radical (unpaired) electrons. The first-order chi connectivity index (χ1) is 29.6. The smallest absolute Gasteiger partial charge is 0.409 e. The SMILES string of the molecule is Cc1csc2c(OC(=O)N3CCN(C(=O)CCCCCN4C(=O)C=CC4=O)CC3)cc3c(c12)[C@H](CCl)CN3C(=O)c1cc2cc(CC(=O)c3cc4ccccc4[nH]3)ccc2[nH]1. The van der Waals surface area contributed by atoms with Crippen LogP contribution in [0.4, 0.5) is 10.5 Å². The molecule has 1 atom stereocenters. The van der Waals surface area contributed by atoms with Crippen molar-refractivity contribution in [1.82, 2.24) is 24.7 Å². The molecular formula is C46H43ClN6O7S. The van der Waals surface area contributed by atoms with Crippen molar-refractivity contribution in [2.45, 2.75) is 44.9 Å². The number of alkyl halides is 1. The molecule has 5 amide bonds. The predicted molar refractivity (Wildman–Crippen MR) is 235 cm³/mol. The van der Waals surface area contributed by atoms with Gasteiger partial charge < -0.3 is 29.4 Å². The number of hydrogen-bond acceptors (Lipinski definition) is 8. The highest BCUT2D eigenvalue weighted by Gasteiger charge is 2.37. The summed E-state index contributed by atoms with van der Waals surface area (Å²) in [5.41, 5.74) is 6.03. The van der Waals surface area contributed by atoms with Crippen LogP contribution in [0.1, 0.15) is 69.3 Å². The monoisotopic (exact) mass is 858 g/mol. The standard InChI is InChI=1S/C46H43ClN6O7S/c1-27-26-61-44-38(60-46(59)51-17-15-50(16-18-51)39(55)9-3-2-6-14-52-40(56)12-13-41(52)57)23-36-43(42(27)44)31(24-47)25-53(36)45(58)35-22-30-19-28(10-11-33(30)49-35)20-37(54)34-21-29-7-4-5-8-32(29)48-34/h4-5,7-8,10-13,19,21-23,26,31,48-49H,2-3,6,9,14-18,20,24-25H2,1H3/t31-/m1/s1. The van der Waals surface area contributed by atoms with Crippen molar-refractivity contribution in [3.05, 3.63) is 106 Å². The van der Waals surface area contributed by atoms with E-state index >= 15 is 0 Å². The second kappa shape index (κ2) is 16.7. The van der Waals surface area contributed by atoms with Gasteiger partial charge in [-0.15, -0.1) is 22.9 Å². The van der Waals surface area contributed by atoms with E-state index in [0.717, 1.165) is 48.6 Å². The van der Waals surface area contributed by atoms with Gasteiger partial charge in [0.25, 0.3) is 17.7 Å². The number of piperazine rings is 1. The summed E-state index contributed by atoms with van der Waals surface area (Å²) in [4.78, 5) is 90.5. The number of Topliss-reactive ketones (excluding diaryl/α,β-unsaturated/α-hetero) is 1. The Labute approximate surface area is 359 Å². The van der Waals surface area contributed by atoms with E-state index in [1.54, 1.807) is 20.8 Å². The lowest BCUT2D eigenvalue weighted by Gasteiger charge is -2.34. The molecule has 2 N–H and O–H groups in total. The Kier molecular flexibility index (Phi) is 11.0. The van der Waals surface area contributed by atoms with Gasteiger partial charge in [-0.05, 0) is 72.2 Å². The number of fused-ring (bicyclic) bond motifs is 5. The van der Waals surface area contributed by atoms with Crippen LogP contribution in [0.5, 0.6) is 5.75 Å². The number of para-hydroxylation sites is 1. The molecule has 0 saturated carbocycles. The van der Waals surface area contributed by atoms with Crippen molar-refractivity contribution in [3.8, 4) is 5.75 Å². The van der Waals surface area contributed by atoms with Crippen molar-refractivity contribution >= 4 is 96.0 Å². The van der Waals surface area contributed by atoms with Gasteiger partial charge in [-0.25, -0.2) is 4.79 Å². The van der Waals surface area contributed by atoms with Crippen LogP contribution in [0.15, 0.2) is 78.2 Å². The third kappa shape index (κ3) is 7.81. The first kappa shape index (κ1) is 40.2. The van der Waals surface area contributed by atoms with E-state index in [4.69, 9.17) is 16.3 Å². The van der Waals surface area contributed by atoms with Crippen molar-refractivity contribution in [2.24, 2.45) is 0 Å². The minimum atomic E-state index is -0.529. The number of nitrogens with one attached hydrogen (secondary N) is 2. The summed E-state index contributed by atoms with van der Waals surface area (Å²) >= 11 is 8.06. The van der Waals surface area contributed by atoms with Crippen molar-refractivity contribution in [3.63, 3.8) is 0 Å². The van der Waals surface area contributed by atoms with Gasteiger partial charge in [0.2, 0.25) is 5.91 Å². The molecule has 312 valence electrons. The molecule has 0 spiro atoms. The number of aromatic nitrogens is 2. The average molecular weight is 859 g/mol. The van der Waals surface area contributed by atoms with Gasteiger partial charge in [0.15, 0.2) is 11.5 Å². The highest BCUT2D eigenvalue weighted by Crippen LogP contribution is 2.49. The number of hydrogen-bond donors (Lipinski definition) is 2. The Morgan fingerprint density at radius 3 is 2.33 bits per heavy atom. The van der Waals surface area contributed by atoms with E-state index in [0.29, 0.717) is 93.7 Å². The number of benzene rings is 3. The summed E-state index contributed by atoms with van der Waals surface area (Å²) in [5.74, 6) is -0.367. The molecule has 3 aromatic carbocycles. The van der Waals surface area contributed by atoms with Gasteiger partial charge in [-0.3, -0.25) is 28.9 Å². The van der Waals surface area contributed by atoms with Crippen LogP contribution in [0.3, 0.4) is 0 Å². The molecule has 1 fully saturated rings. The van der Waals surface area contributed by atoms with Crippen LogP contribution in [-0.2, 0) is 20.8 Å². The number of H-pyrrole nitrogens is 2. The maximum Gasteiger partial charge on any atom is 0.415 e. The zero-order valence-corrected chi connectivity index (χ0v) is 35.1. The summed E-state index contributed by atoms with van der Waals surface area (Å²) in [6, 6.07) is 18.9. The Hall–Kier alpha value is -6.25. The summed E-state index contributed by atoms with van der Waals surface area (Å²) < 4.78 is 6.93. The summed E-state index contributed by atoms with van der Waals surface area (Å²) in [6.45, 7) is 4.07. The number of carbonyl (C=O) groups excluding carboxylic acids is 6. The van der Waals surface area contributed by atoms with Crippen LogP contribution >= 0.6 is 22.9 Å². The number of anilines is 1. The van der Waals surface area contributed by atoms with Crippen LogP contribution in [0, 0.1) is 6.92 Å². The predicted octanol–water partition coefficient (Wildman–Crippen LogP) is 7.71. The lowest BCUT2D eigenvalue weighted by atomic mass is 9.97. The average Bonchev–Trinajstić information content (AvgIpc) is 4.11. The minimum absolute atomic E-state index is 0.00269. The highest BCUT2D eigenvalue weighted by atomic mass is 35.5. The first-order valence-electron chi connectivity index (χ1n) is 20.5. The second-order valence-corrected chi connectivity index (χ2v) is 17.1. The zero-order chi connectivity index (χ0) is 42.4. The van der Waals surface area contributed by atoms with Gasteiger partial charge in [-0.2, -0.15) is 0 Å². The number of thiophene rings is 1. The number of rotatable bonds is 12. The Balaban J connectivity index is 0.862. The van der Waals surface area contributed by atoms with Crippen LogP contribution in [0.2, 0.25) is 0 Å². The molecule has 3 aliphatic rings. The number of ketones is 1. The van der Waals surface area contributed by atoms with Gasteiger partial charge >= 0.3 is 6.09 Å². The van der Waals surface area contributed by atoms with E-state index in [1.807, 2.05) is 66.9 Å². The normalized spacial score (nSPS) is 16.5. The number of ether oxygens (including phenoxy) is 1. The van der Waals surface area contributed by atoms with Gasteiger partial charge in [0.1, 0.15) is 5.69 Å². The molecule has 6 heterocycles. The zero-order valence-electron chi connectivity index (χ0n) is 33.5. The highest BCUT2D eigenvalue weighted by molar-refractivity contribution is 7.17. The van der Waals surface area contributed by atoms with Crippen LogP contribution in [0.25, 0.3) is 31.9 Å². The number of unbranched alkanes of at least 4 members (excludes halogenated alkanes) is 2. The van der Waals surface area contributed by atoms with Gasteiger partial charge in [-0.1, -0.05) is 30.7 Å². The number of carbonyl (C=O) groups is 6. The van der Waals surface area contributed by atoms with Crippen molar-refractivity contribution < 1.29 is 33.5 Å². The third-order valence-corrected chi connectivity index (χ3v) is 13.4. The second-order valence-electron chi connectivity index (χ2n) is 15.9. The molecule has 13 nitrogen and oxygen atoms in total. The fraction of sp³-hybridized carbons (Fsp3) is 0.304. The minimum Gasteiger partial charge on any atom is -0.409 e. The summed E-state index contributed by atoms with van der Waals surface area (Å²) in [6.07, 6.45) is 4.54. The Morgan fingerprint density at radius 1 is 0.836 bits per heavy atom. The van der Waals surface area contributed by atoms with E-state index in [9.17, 15) is 28.8 Å². The largest absolute Gasteiger partial charge is 0.415 e. The summed E-state index contributed by atoms with van der Waals surface area (Å²) in [5, 5.41) is 4.73. The molecular weight excluding hydrogens is 816 g/mol. The van der Waals surface area contributed by atoms with E-state index in [2.05, 4.69) is 9.97 Å². The third-order valence-electron chi connectivity index (χ3n) is 11.9. The molecule has 0 bridgehead atoms. The fourth-order valence-corrected chi connectivity index (χ4v) is 9.95. The van der Waals surface area contributed by atoms with Crippen molar-refractivity contribution in [2.75, 3.05) is 50.0 Å². The molecule has 3 aromatic heterocycles. The van der Waals surface area contributed by atoms with Crippen LogP contribution in [-0.4, -0.2) is 105 Å². The lowest BCUT2D eigenvalue weighted by molar-refractivity contribution is -0.137. The van der Waals surface area contributed by atoms with Crippen molar-refractivity contribution in [1.29, 1.82) is 0 Å². The Morgan fingerprint density at radius 2 is 1.56 bits per heavy atom. The number of halogens is 1.